The van der Waals surface area contributed by atoms with E-state index in [1.807, 2.05) is 17.9 Å². The quantitative estimate of drug-likeness (QED) is 0.814. The zero-order chi connectivity index (χ0) is 20.4. The van der Waals surface area contributed by atoms with Crippen molar-refractivity contribution in [3.8, 4) is 0 Å². The van der Waals surface area contributed by atoms with E-state index in [1.54, 1.807) is 24.7 Å². The Balaban J connectivity index is 1.55. The maximum atomic E-state index is 13.4. The number of carbonyl (C=O) groups excluding carboxylic acids is 2. The Morgan fingerprint density at radius 2 is 2.14 bits per heavy atom. The summed E-state index contributed by atoms with van der Waals surface area (Å²) in [6.07, 6.45) is 7.52. The molecule has 0 unspecified atom stereocenters. The summed E-state index contributed by atoms with van der Waals surface area (Å²) in [5, 5.41) is 3.08. The van der Waals surface area contributed by atoms with Crippen LogP contribution in [0, 0.1) is 12.3 Å². The lowest BCUT2D eigenvalue weighted by Crippen LogP contribution is -2.66. The van der Waals surface area contributed by atoms with Crippen LogP contribution in [0.25, 0.3) is 0 Å². The number of piperidine rings is 2. The van der Waals surface area contributed by atoms with Gasteiger partial charge in [-0.05, 0) is 51.9 Å². The minimum Gasteiger partial charge on any atom is -0.357 e. The fraction of sp³-hybridized carbons (Fsp3) is 0.524. The summed E-state index contributed by atoms with van der Waals surface area (Å²) in [4.78, 5) is 42.3. The average molecular weight is 396 g/mol. The van der Waals surface area contributed by atoms with Crippen molar-refractivity contribution >= 4 is 11.8 Å². The summed E-state index contributed by atoms with van der Waals surface area (Å²) >= 11 is 0. The highest BCUT2D eigenvalue weighted by Crippen LogP contribution is 2.43. The topological polar surface area (TPSA) is 94.2 Å². The van der Waals surface area contributed by atoms with E-state index in [4.69, 9.17) is 0 Å². The van der Waals surface area contributed by atoms with E-state index in [9.17, 15) is 9.59 Å². The van der Waals surface area contributed by atoms with Gasteiger partial charge in [0.05, 0.1) is 35.6 Å². The molecule has 29 heavy (non-hydrogen) atoms. The summed E-state index contributed by atoms with van der Waals surface area (Å²) in [6, 6.07) is 3.48. The molecule has 0 aromatic carbocycles. The number of amides is 2. The first-order valence-electron chi connectivity index (χ1n) is 10.2. The molecule has 2 N–H and O–H groups in total. The molecule has 2 saturated heterocycles. The SMILES string of the molecule is Cc1cnc(CNC(=O)[C@@]23CCCN(C(=O)c4ccc[nH]4)[C@H]2CN(C)CC3)cn1. The molecule has 0 radical (unpaired) electrons. The number of fused-ring (bicyclic) bond motifs is 1. The number of carbonyl (C=O) groups is 2. The van der Waals surface area contributed by atoms with Crippen molar-refractivity contribution in [2.45, 2.75) is 38.8 Å². The molecule has 2 aromatic heterocycles. The van der Waals surface area contributed by atoms with Gasteiger partial charge in [0.15, 0.2) is 0 Å². The van der Waals surface area contributed by atoms with E-state index < -0.39 is 5.41 Å². The Hall–Kier alpha value is -2.74. The molecule has 4 rings (SSSR count). The maximum absolute atomic E-state index is 13.4. The van der Waals surface area contributed by atoms with Gasteiger partial charge in [0, 0.05) is 25.5 Å². The smallest absolute Gasteiger partial charge is 0.270 e. The second-order valence-electron chi connectivity index (χ2n) is 8.20. The van der Waals surface area contributed by atoms with Crippen LogP contribution in [0.15, 0.2) is 30.7 Å². The molecule has 2 amide bonds. The molecule has 8 nitrogen and oxygen atoms in total. The Bertz CT molecular complexity index is 866. The molecule has 154 valence electrons. The zero-order valence-electron chi connectivity index (χ0n) is 17.0. The Morgan fingerprint density at radius 1 is 1.28 bits per heavy atom. The first-order valence-corrected chi connectivity index (χ1v) is 10.2. The third kappa shape index (κ3) is 3.76. The predicted molar refractivity (Wildman–Crippen MR) is 108 cm³/mol. The molecule has 8 heteroatoms. The molecule has 2 aromatic rings. The number of aromatic nitrogens is 3. The van der Waals surface area contributed by atoms with Crippen LogP contribution in [0.4, 0.5) is 0 Å². The van der Waals surface area contributed by atoms with E-state index in [2.05, 4.69) is 32.2 Å². The number of nitrogens with zero attached hydrogens (tertiary/aromatic N) is 4. The zero-order valence-corrected chi connectivity index (χ0v) is 17.0. The molecule has 0 saturated carbocycles. The normalized spacial score (nSPS) is 24.8. The monoisotopic (exact) mass is 396 g/mol. The van der Waals surface area contributed by atoms with Crippen LogP contribution in [0.1, 0.15) is 41.1 Å². The van der Waals surface area contributed by atoms with Crippen molar-refractivity contribution in [3.05, 3.63) is 47.8 Å². The van der Waals surface area contributed by atoms with Crippen LogP contribution >= 0.6 is 0 Å². The molecular formula is C21H28N6O2. The van der Waals surface area contributed by atoms with Gasteiger partial charge in [0.2, 0.25) is 5.91 Å². The maximum Gasteiger partial charge on any atom is 0.270 e. The summed E-state index contributed by atoms with van der Waals surface area (Å²) < 4.78 is 0. The number of aryl methyl sites for hydroxylation is 1. The van der Waals surface area contributed by atoms with E-state index in [0.29, 0.717) is 25.3 Å². The van der Waals surface area contributed by atoms with Gasteiger partial charge in [-0.25, -0.2) is 0 Å². The van der Waals surface area contributed by atoms with Gasteiger partial charge in [-0.1, -0.05) is 0 Å². The fourth-order valence-corrected chi connectivity index (χ4v) is 4.62. The molecule has 4 heterocycles. The van der Waals surface area contributed by atoms with Gasteiger partial charge in [-0.3, -0.25) is 19.6 Å². The van der Waals surface area contributed by atoms with Crippen molar-refractivity contribution in [2.24, 2.45) is 5.41 Å². The minimum absolute atomic E-state index is 0.0157. The fourth-order valence-electron chi connectivity index (χ4n) is 4.62. The van der Waals surface area contributed by atoms with Gasteiger partial charge in [0.25, 0.3) is 5.91 Å². The predicted octanol–water partition coefficient (Wildman–Crippen LogP) is 1.36. The average Bonchev–Trinajstić information content (AvgIpc) is 3.27. The van der Waals surface area contributed by atoms with Crippen LogP contribution in [0.3, 0.4) is 0 Å². The number of hydrogen-bond acceptors (Lipinski definition) is 5. The minimum atomic E-state index is -0.564. The number of rotatable bonds is 4. The lowest BCUT2D eigenvalue weighted by atomic mass is 9.67. The van der Waals surface area contributed by atoms with Gasteiger partial charge in [0.1, 0.15) is 5.69 Å². The molecule has 2 atom stereocenters. The summed E-state index contributed by atoms with van der Waals surface area (Å²) in [5.41, 5.74) is 1.59. The summed E-state index contributed by atoms with van der Waals surface area (Å²) in [7, 11) is 2.05. The third-order valence-corrected chi connectivity index (χ3v) is 6.27. The highest BCUT2D eigenvalue weighted by atomic mass is 16.2. The van der Waals surface area contributed by atoms with Gasteiger partial charge < -0.3 is 20.1 Å². The standard InChI is InChI=1S/C21H28N6O2/c1-15-11-24-16(12-23-15)13-25-20(29)21-6-4-9-27(18(21)14-26(2)10-7-21)19(28)17-5-3-8-22-17/h3,5,8,11-12,18,22H,4,6-7,9-10,13-14H2,1-2H3,(H,25,29)/t18-,21+/m0/s1. The van der Waals surface area contributed by atoms with E-state index in [1.165, 1.54) is 0 Å². The third-order valence-electron chi connectivity index (χ3n) is 6.27. The number of likely N-dealkylation sites (tertiary alicyclic amines) is 2. The first kappa shape index (κ1) is 19.6. The second-order valence-corrected chi connectivity index (χ2v) is 8.20. The number of aromatic amines is 1. The highest BCUT2D eigenvalue weighted by molar-refractivity contribution is 5.94. The summed E-state index contributed by atoms with van der Waals surface area (Å²) in [6.45, 7) is 4.45. The van der Waals surface area contributed by atoms with Crippen molar-refractivity contribution in [1.82, 2.24) is 30.1 Å². The van der Waals surface area contributed by atoms with E-state index >= 15 is 0 Å². The Kier molecular flexibility index (Phi) is 5.36. The van der Waals surface area contributed by atoms with Gasteiger partial charge in [-0.2, -0.15) is 0 Å². The number of hydrogen-bond donors (Lipinski definition) is 2. The van der Waals surface area contributed by atoms with Crippen molar-refractivity contribution in [3.63, 3.8) is 0 Å². The highest BCUT2D eigenvalue weighted by Gasteiger charge is 2.53. The molecular weight excluding hydrogens is 368 g/mol. The molecule has 0 spiro atoms. The van der Waals surface area contributed by atoms with E-state index in [-0.39, 0.29) is 17.9 Å². The number of nitrogens with one attached hydrogen (secondary N) is 2. The molecule has 2 aliphatic heterocycles. The second kappa shape index (κ2) is 7.94. The van der Waals surface area contributed by atoms with Crippen LogP contribution in [0.5, 0.6) is 0 Å². The lowest BCUT2D eigenvalue weighted by molar-refractivity contribution is -0.142. The first-order chi connectivity index (χ1) is 14.0. The molecule has 0 bridgehead atoms. The molecule has 0 aliphatic carbocycles. The van der Waals surface area contributed by atoms with Crippen molar-refractivity contribution in [1.29, 1.82) is 0 Å². The van der Waals surface area contributed by atoms with Crippen LogP contribution in [0.2, 0.25) is 0 Å². The van der Waals surface area contributed by atoms with Crippen molar-refractivity contribution < 1.29 is 9.59 Å². The largest absolute Gasteiger partial charge is 0.357 e. The van der Waals surface area contributed by atoms with Gasteiger partial charge >= 0.3 is 0 Å². The Labute approximate surface area is 170 Å². The Morgan fingerprint density at radius 3 is 2.86 bits per heavy atom. The summed E-state index contributed by atoms with van der Waals surface area (Å²) in [5.74, 6) is -0.0152. The lowest BCUT2D eigenvalue weighted by Gasteiger charge is -2.53. The van der Waals surface area contributed by atoms with Crippen LogP contribution in [-0.4, -0.2) is 69.3 Å². The number of H-pyrrole nitrogens is 1. The molecule has 2 fully saturated rings. The van der Waals surface area contributed by atoms with Crippen LogP contribution in [-0.2, 0) is 11.3 Å². The van der Waals surface area contributed by atoms with Crippen LogP contribution < -0.4 is 5.32 Å². The van der Waals surface area contributed by atoms with Crippen molar-refractivity contribution in [2.75, 3.05) is 26.7 Å². The van der Waals surface area contributed by atoms with E-state index in [0.717, 1.165) is 37.2 Å². The molecule has 2 aliphatic rings. The number of likely N-dealkylation sites (N-methyl/N-ethyl adjacent to an activating group) is 1. The van der Waals surface area contributed by atoms with Gasteiger partial charge in [-0.15, -0.1) is 0 Å².